The molecule has 1 saturated heterocycles. The Labute approximate surface area is 169 Å². The average Bonchev–Trinajstić information content (AvgIpc) is 2.52. The third-order valence-corrected chi connectivity index (χ3v) is 6.63. The number of nitrogens with zero attached hydrogens (tertiary/aromatic N) is 3. The number of halogens is 1. The molecular weight excluding hydrogens is 459 g/mol. The van der Waals surface area contributed by atoms with Gasteiger partial charge in [-0.25, -0.2) is 12.7 Å². The van der Waals surface area contributed by atoms with E-state index in [1.165, 1.54) is 17.0 Å². The van der Waals surface area contributed by atoms with Gasteiger partial charge in [0.05, 0.1) is 6.26 Å². The van der Waals surface area contributed by atoms with Crippen LogP contribution in [0.4, 0.5) is 0 Å². The van der Waals surface area contributed by atoms with Crippen molar-refractivity contribution in [3.8, 4) is 0 Å². The van der Waals surface area contributed by atoms with E-state index in [9.17, 15) is 8.42 Å². The van der Waals surface area contributed by atoms with E-state index in [1.807, 2.05) is 18.7 Å². The molecule has 1 heterocycles. The summed E-state index contributed by atoms with van der Waals surface area (Å²) in [4.78, 5) is 7.03. The number of hydrogen-bond acceptors (Lipinski definition) is 4. The molecule has 1 aliphatic rings. The Hall–Kier alpha value is 0.260. The zero-order valence-corrected chi connectivity index (χ0v) is 19.3. The largest absolute Gasteiger partial charge is 0.357 e. The predicted octanol–water partition coefficient (Wildman–Crippen LogP) is 2.07. The van der Waals surface area contributed by atoms with Crippen molar-refractivity contribution in [1.29, 1.82) is 0 Å². The smallest absolute Gasteiger partial charge is 0.211 e. The summed E-state index contributed by atoms with van der Waals surface area (Å²) >= 11 is 2.04. The van der Waals surface area contributed by atoms with Crippen LogP contribution in [-0.4, -0.2) is 80.1 Å². The Morgan fingerprint density at radius 2 is 2.08 bits per heavy atom. The molecule has 0 amide bonds. The number of rotatable bonds is 8. The topological polar surface area (TPSA) is 65.0 Å². The van der Waals surface area contributed by atoms with Gasteiger partial charge in [0, 0.05) is 50.3 Å². The molecular formula is C15H33IN4O2S2. The molecule has 9 heteroatoms. The molecule has 1 fully saturated rings. The highest BCUT2D eigenvalue weighted by atomic mass is 127. The Morgan fingerprint density at radius 1 is 1.38 bits per heavy atom. The van der Waals surface area contributed by atoms with Crippen LogP contribution in [0.5, 0.6) is 0 Å². The summed E-state index contributed by atoms with van der Waals surface area (Å²) in [6, 6.07) is 0. The SMILES string of the molecule is CCNC(=NCCCN(CC)S(C)(=O)=O)N1CCSC(CC)C1.I. The lowest BCUT2D eigenvalue weighted by molar-refractivity contribution is 0.405. The second kappa shape index (κ2) is 12.6. The highest BCUT2D eigenvalue weighted by Gasteiger charge is 2.21. The van der Waals surface area contributed by atoms with E-state index in [0.29, 0.717) is 24.9 Å². The summed E-state index contributed by atoms with van der Waals surface area (Å²) in [6.45, 7) is 10.8. The lowest BCUT2D eigenvalue weighted by Crippen LogP contribution is -2.48. The highest BCUT2D eigenvalue weighted by Crippen LogP contribution is 2.21. The minimum atomic E-state index is -3.10. The second-order valence-electron chi connectivity index (χ2n) is 5.69. The van der Waals surface area contributed by atoms with E-state index in [0.717, 1.165) is 37.8 Å². The van der Waals surface area contributed by atoms with E-state index in [2.05, 4.69) is 24.1 Å². The normalized spacial score (nSPS) is 19.3. The number of hydrogen-bond donors (Lipinski definition) is 1. The van der Waals surface area contributed by atoms with Gasteiger partial charge in [0.2, 0.25) is 10.0 Å². The van der Waals surface area contributed by atoms with Crippen LogP contribution in [0.2, 0.25) is 0 Å². The summed E-state index contributed by atoms with van der Waals surface area (Å²) in [5.41, 5.74) is 0. The second-order valence-corrected chi connectivity index (χ2v) is 9.08. The van der Waals surface area contributed by atoms with Gasteiger partial charge in [-0.3, -0.25) is 4.99 Å². The van der Waals surface area contributed by atoms with E-state index in [4.69, 9.17) is 4.99 Å². The van der Waals surface area contributed by atoms with Crippen molar-refractivity contribution in [3.05, 3.63) is 0 Å². The van der Waals surface area contributed by atoms with Crippen LogP contribution in [0, 0.1) is 0 Å². The van der Waals surface area contributed by atoms with E-state index >= 15 is 0 Å². The minimum Gasteiger partial charge on any atom is -0.357 e. The van der Waals surface area contributed by atoms with Crippen molar-refractivity contribution in [1.82, 2.24) is 14.5 Å². The third-order valence-electron chi connectivity index (χ3n) is 3.88. The molecule has 6 nitrogen and oxygen atoms in total. The first-order valence-corrected chi connectivity index (χ1v) is 11.4. The molecule has 144 valence electrons. The molecule has 1 N–H and O–H groups in total. The van der Waals surface area contributed by atoms with Crippen molar-refractivity contribution >= 4 is 51.7 Å². The zero-order valence-electron chi connectivity index (χ0n) is 15.3. The monoisotopic (exact) mass is 492 g/mol. The number of aliphatic imine (C=N–C) groups is 1. The number of guanidine groups is 1. The number of nitrogens with one attached hydrogen (secondary N) is 1. The zero-order chi connectivity index (χ0) is 17.3. The van der Waals surface area contributed by atoms with Crippen molar-refractivity contribution in [2.24, 2.45) is 4.99 Å². The fourth-order valence-electron chi connectivity index (χ4n) is 2.57. The van der Waals surface area contributed by atoms with Crippen LogP contribution in [-0.2, 0) is 10.0 Å². The van der Waals surface area contributed by atoms with Gasteiger partial charge in [-0.2, -0.15) is 11.8 Å². The first-order chi connectivity index (χ1) is 10.9. The van der Waals surface area contributed by atoms with Gasteiger partial charge in [-0.1, -0.05) is 13.8 Å². The quantitative estimate of drug-likeness (QED) is 0.243. The van der Waals surface area contributed by atoms with Gasteiger partial charge in [-0.15, -0.1) is 24.0 Å². The van der Waals surface area contributed by atoms with Crippen LogP contribution in [0.1, 0.15) is 33.6 Å². The number of sulfonamides is 1. The van der Waals surface area contributed by atoms with Gasteiger partial charge in [0.1, 0.15) is 0 Å². The van der Waals surface area contributed by atoms with Crippen LogP contribution >= 0.6 is 35.7 Å². The van der Waals surface area contributed by atoms with Crippen LogP contribution in [0.3, 0.4) is 0 Å². The molecule has 0 spiro atoms. The molecule has 1 unspecified atom stereocenters. The molecule has 0 aliphatic carbocycles. The fraction of sp³-hybridized carbons (Fsp3) is 0.933. The molecule has 24 heavy (non-hydrogen) atoms. The molecule has 0 bridgehead atoms. The summed E-state index contributed by atoms with van der Waals surface area (Å²) < 4.78 is 24.7. The van der Waals surface area contributed by atoms with Gasteiger partial charge in [-0.05, 0) is 19.8 Å². The van der Waals surface area contributed by atoms with Crippen molar-refractivity contribution in [2.75, 3.05) is 51.3 Å². The standard InChI is InChI=1S/C15H32N4O2S2.HI/c1-5-14-13-18(11-12-22-14)15(16-6-2)17-9-8-10-19(7-3)23(4,20)21;/h14H,5-13H2,1-4H3,(H,16,17);1H. The summed E-state index contributed by atoms with van der Waals surface area (Å²) in [5.74, 6) is 2.11. The molecule has 1 rings (SSSR count). The molecule has 0 aromatic carbocycles. The Kier molecular flexibility index (Phi) is 12.7. The van der Waals surface area contributed by atoms with E-state index in [-0.39, 0.29) is 24.0 Å². The Morgan fingerprint density at radius 3 is 2.62 bits per heavy atom. The van der Waals surface area contributed by atoms with Crippen molar-refractivity contribution in [2.45, 2.75) is 38.9 Å². The third kappa shape index (κ3) is 8.57. The molecule has 0 aromatic rings. The minimum absolute atomic E-state index is 0. The van der Waals surface area contributed by atoms with E-state index < -0.39 is 10.0 Å². The maximum absolute atomic E-state index is 11.6. The van der Waals surface area contributed by atoms with Crippen LogP contribution in [0.15, 0.2) is 4.99 Å². The highest BCUT2D eigenvalue weighted by molar-refractivity contribution is 14.0. The summed E-state index contributed by atoms with van der Waals surface area (Å²) in [7, 11) is -3.10. The van der Waals surface area contributed by atoms with Gasteiger partial charge in [0.25, 0.3) is 0 Å². The van der Waals surface area contributed by atoms with Gasteiger partial charge in [0.15, 0.2) is 5.96 Å². The Bertz CT molecular complexity index is 474. The van der Waals surface area contributed by atoms with Crippen LogP contribution in [0.25, 0.3) is 0 Å². The molecule has 1 aliphatic heterocycles. The summed E-state index contributed by atoms with van der Waals surface area (Å²) in [5, 5.41) is 4.04. The molecule has 0 saturated carbocycles. The number of thioether (sulfide) groups is 1. The first-order valence-electron chi connectivity index (χ1n) is 8.52. The lowest BCUT2D eigenvalue weighted by atomic mass is 10.3. The molecule has 0 radical (unpaired) electrons. The maximum Gasteiger partial charge on any atom is 0.211 e. The fourth-order valence-corrected chi connectivity index (χ4v) is 4.68. The van der Waals surface area contributed by atoms with E-state index in [1.54, 1.807) is 0 Å². The summed E-state index contributed by atoms with van der Waals surface area (Å²) in [6.07, 6.45) is 3.19. The van der Waals surface area contributed by atoms with Crippen molar-refractivity contribution < 1.29 is 8.42 Å². The average molecular weight is 492 g/mol. The predicted molar refractivity (Wildman–Crippen MR) is 116 cm³/mol. The van der Waals surface area contributed by atoms with Gasteiger partial charge >= 0.3 is 0 Å². The Balaban J connectivity index is 0.00000529. The van der Waals surface area contributed by atoms with Crippen LogP contribution < -0.4 is 5.32 Å². The van der Waals surface area contributed by atoms with Crippen molar-refractivity contribution in [3.63, 3.8) is 0 Å². The molecule has 0 aromatic heterocycles. The maximum atomic E-state index is 11.6. The molecule has 1 atom stereocenters. The first kappa shape index (κ1) is 24.3. The lowest BCUT2D eigenvalue weighted by Gasteiger charge is -2.34. The van der Waals surface area contributed by atoms with Gasteiger partial charge < -0.3 is 10.2 Å².